The average molecular weight is 300 g/mol. The number of benzene rings is 1. The van der Waals surface area contributed by atoms with Crippen molar-refractivity contribution in [2.45, 2.75) is 33.2 Å². The molecule has 0 aliphatic rings. The zero-order valence-corrected chi connectivity index (χ0v) is 12.9. The molecule has 0 unspecified atom stereocenters. The van der Waals surface area contributed by atoms with Crippen molar-refractivity contribution in [3.63, 3.8) is 0 Å². The topological polar surface area (TPSA) is 86.3 Å². The molecule has 6 heteroatoms. The van der Waals surface area contributed by atoms with Gasteiger partial charge >= 0.3 is 11.8 Å². The zero-order chi connectivity index (χ0) is 16.1. The number of fused-ring (bicyclic) bond motifs is 1. The van der Waals surface area contributed by atoms with Crippen molar-refractivity contribution in [3.05, 3.63) is 35.5 Å². The summed E-state index contributed by atoms with van der Waals surface area (Å²) in [6, 6.07) is 5.95. The van der Waals surface area contributed by atoms with Gasteiger partial charge in [-0.15, -0.1) is 0 Å². The van der Waals surface area contributed by atoms with Crippen LogP contribution in [-0.2, 0) is 16.0 Å². The largest absolute Gasteiger partial charge is 0.360 e. The van der Waals surface area contributed by atoms with Gasteiger partial charge in [-0.3, -0.25) is 9.59 Å². The van der Waals surface area contributed by atoms with Gasteiger partial charge in [0.05, 0.1) is 6.21 Å². The summed E-state index contributed by atoms with van der Waals surface area (Å²) in [4.78, 5) is 26.2. The molecule has 1 aromatic carbocycles. The molecule has 22 heavy (non-hydrogen) atoms. The Kier molecular flexibility index (Phi) is 4.93. The SMILES string of the molecule is CCc1cccc2c(/C=N/NC(=O)C(=O)NC(C)C)c[nH]c12. The van der Waals surface area contributed by atoms with Crippen molar-refractivity contribution in [2.75, 3.05) is 0 Å². The van der Waals surface area contributed by atoms with Gasteiger partial charge < -0.3 is 10.3 Å². The van der Waals surface area contributed by atoms with Crippen LogP contribution in [0.25, 0.3) is 10.9 Å². The van der Waals surface area contributed by atoms with E-state index in [1.54, 1.807) is 13.8 Å². The van der Waals surface area contributed by atoms with Crippen LogP contribution in [0.5, 0.6) is 0 Å². The Bertz CT molecular complexity index is 716. The van der Waals surface area contributed by atoms with E-state index in [9.17, 15) is 9.59 Å². The molecular formula is C16H20N4O2. The molecule has 1 aromatic heterocycles. The van der Waals surface area contributed by atoms with Crippen LogP contribution in [0.15, 0.2) is 29.5 Å². The first-order chi connectivity index (χ1) is 10.5. The van der Waals surface area contributed by atoms with Gasteiger partial charge in [0.2, 0.25) is 0 Å². The number of carbonyl (C=O) groups excluding carboxylic acids is 2. The van der Waals surface area contributed by atoms with Crippen LogP contribution in [0.2, 0.25) is 0 Å². The van der Waals surface area contributed by atoms with E-state index >= 15 is 0 Å². The number of para-hydroxylation sites is 1. The monoisotopic (exact) mass is 300 g/mol. The minimum Gasteiger partial charge on any atom is -0.360 e. The van der Waals surface area contributed by atoms with E-state index < -0.39 is 11.8 Å². The molecule has 0 fully saturated rings. The number of amides is 2. The van der Waals surface area contributed by atoms with E-state index in [4.69, 9.17) is 0 Å². The lowest BCUT2D eigenvalue weighted by Gasteiger charge is -2.05. The standard InChI is InChI=1S/C16H20N4O2/c1-4-11-6-5-7-13-12(8-17-14(11)13)9-18-20-16(22)15(21)19-10(2)3/h5-10,17H,4H2,1-3H3,(H,19,21)(H,20,22)/b18-9+. The Morgan fingerprint density at radius 1 is 1.32 bits per heavy atom. The lowest BCUT2D eigenvalue weighted by molar-refractivity contribution is -0.139. The number of hydrazone groups is 1. The molecule has 0 bridgehead atoms. The number of nitrogens with zero attached hydrogens (tertiary/aromatic N) is 1. The molecule has 1 heterocycles. The maximum absolute atomic E-state index is 11.5. The smallest absolute Gasteiger partial charge is 0.329 e. The van der Waals surface area contributed by atoms with Crippen LogP contribution >= 0.6 is 0 Å². The molecule has 0 atom stereocenters. The molecule has 3 N–H and O–H groups in total. The van der Waals surface area contributed by atoms with E-state index in [1.807, 2.05) is 18.3 Å². The minimum absolute atomic E-state index is 0.0942. The lowest BCUT2D eigenvalue weighted by Crippen LogP contribution is -2.41. The van der Waals surface area contributed by atoms with Gasteiger partial charge in [-0.2, -0.15) is 5.10 Å². The Balaban J connectivity index is 2.08. The van der Waals surface area contributed by atoms with E-state index in [2.05, 4.69) is 33.8 Å². The van der Waals surface area contributed by atoms with Crippen LogP contribution in [0.3, 0.4) is 0 Å². The number of nitrogens with one attached hydrogen (secondary N) is 3. The molecule has 116 valence electrons. The number of aryl methyl sites for hydroxylation is 1. The van der Waals surface area contributed by atoms with Crippen molar-refractivity contribution >= 4 is 28.9 Å². The first-order valence-electron chi connectivity index (χ1n) is 7.25. The third kappa shape index (κ3) is 3.52. The summed E-state index contributed by atoms with van der Waals surface area (Å²) in [5, 5.41) is 7.37. The fraction of sp³-hybridized carbons (Fsp3) is 0.312. The van der Waals surface area contributed by atoms with Gasteiger partial charge in [0.15, 0.2) is 0 Å². The molecule has 0 aliphatic heterocycles. The second-order valence-electron chi connectivity index (χ2n) is 5.26. The maximum Gasteiger partial charge on any atom is 0.329 e. The van der Waals surface area contributed by atoms with Crippen LogP contribution in [-0.4, -0.2) is 29.1 Å². The maximum atomic E-state index is 11.5. The molecule has 0 saturated carbocycles. The minimum atomic E-state index is -0.779. The molecule has 0 aliphatic carbocycles. The molecular weight excluding hydrogens is 280 g/mol. The fourth-order valence-corrected chi connectivity index (χ4v) is 2.18. The van der Waals surface area contributed by atoms with Gasteiger partial charge in [0.1, 0.15) is 0 Å². The Hall–Kier alpha value is -2.63. The third-order valence-electron chi connectivity index (χ3n) is 3.21. The number of hydrogen-bond acceptors (Lipinski definition) is 3. The number of hydrogen-bond donors (Lipinski definition) is 3. The van der Waals surface area contributed by atoms with E-state index in [0.29, 0.717) is 0 Å². The van der Waals surface area contributed by atoms with Gasteiger partial charge in [-0.25, -0.2) is 5.43 Å². The normalized spacial score (nSPS) is 11.3. The quantitative estimate of drug-likeness (QED) is 0.456. The summed E-state index contributed by atoms with van der Waals surface area (Å²) >= 11 is 0. The van der Waals surface area contributed by atoms with Gasteiger partial charge in [0, 0.05) is 28.7 Å². The molecule has 2 aromatic rings. The molecule has 0 spiro atoms. The first kappa shape index (κ1) is 15.8. The number of rotatable bonds is 4. The summed E-state index contributed by atoms with van der Waals surface area (Å²) in [5.74, 6) is -1.47. The summed E-state index contributed by atoms with van der Waals surface area (Å²) < 4.78 is 0. The van der Waals surface area contributed by atoms with Crippen LogP contribution in [0, 0.1) is 0 Å². The first-order valence-corrected chi connectivity index (χ1v) is 7.25. The van der Waals surface area contributed by atoms with Crippen LogP contribution in [0.1, 0.15) is 31.9 Å². The van der Waals surface area contributed by atoms with Crippen LogP contribution < -0.4 is 10.7 Å². The Morgan fingerprint density at radius 2 is 2.09 bits per heavy atom. The van der Waals surface area contributed by atoms with Gasteiger partial charge in [-0.05, 0) is 25.8 Å². The van der Waals surface area contributed by atoms with E-state index in [1.165, 1.54) is 11.8 Å². The van der Waals surface area contributed by atoms with Gasteiger partial charge in [-0.1, -0.05) is 25.1 Å². The second kappa shape index (κ2) is 6.89. The molecule has 6 nitrogen and oxygen atoms in total. The van der Waals surface area contributed by atoms with Gasteiger partial charge in [0.25, 0.3) is 0 Å². The summed E-state index contributed by atoms with van der Waals surface area (Å²) in [7, 11) is 0. The van der Waals surface area contributed by atoms with Crippen molar-refractivity contribution in [3.8, 4) is 0 Å². The van der Waals surface area contributed by atoms with Crippen molar-refractivity contribution in [2.24, 2.45) is 5.10 Å². The highest BCUT2D eigenvalue weighted by molar-refractivity contribution is 6.35. The molecule has 2 rings (SSSR count). The second-order valence-corrected chi connectivity index (χ2v) is 5.26. The molecule has 0 radical (unpaired) electrons. The Labute approximate surface area is 129 Å². The summed E-state index contributed by atoms with van der Waals surface area (Å²) in [5.41, 5.74) is 5.37. The van der Waals surface area contributed by atoms with Crippen molar-refractivity contribution in [1.29, 1.82) is 0 Å². The number of carbonyl (C=O) groups is 2. The summed E-state index contributed by atoms with van der Waals surface area (Å²) in [6.45, 7) is 5.66. The lowest BCUT2D eigenvalue weighted by atomic mass is 10.1. The molecule has 0 saturated heterocycles. The Morgan fingerprint density at radius 3 is 2.77 bits per heavy atom. The van der Waals surface area contributed by atoms with Crippen LogP contribution in [0.4, 0.5) is 0 Å². The fourth-order valence-electron chi connectivity index (χ4n) is 2.18. The number of aromatic nitrogens is 1. The van der Waals surface area contributed by atoms with E-state index in [-0.39, 0.29) is 6.04 Å². The predicted octanol–water partition coefficient (Wildman–Crippen LogP) is 1.70. The highest BCUT2D eigenvalue weighted by Crippen LogP contribution is 2.20. The highest BCUT2D eigenvalue weighted by atomic mass is 16.2. The third-order valence-corrected chi connectivity index (χ3v) is 3.21. The molecule has 2 amide bonds. The predicted molar refractivity (Wildman–Crippen MR) is 86.7 cm³/mol. The highest BCUT2D eigenvalue weighted by Gasteiger charge is 2.13. The average Bonchev–Trinajstić information content (AvgIpc) is 2.89. The van der Waals surface area contributed by atoms with E-state index in [0.717, 1.165) is 22.9 Å². The van der Waals surface area contributed by atoms with Crippen molar-refractivity contribution < 1.29 is 9.59 Å². The summed E-state index contributed by atoms with van der Waals surface area (Å²) in [6.07, 6.45) is 4.28. The number of H-pyrrole nitrogens is 1. The number of aromatic amines is 1. The zero-order valence-electron chi connectivity index (χ0n) is 12.9. The van der Waals surface area contributed by atoms with Crippen molar-refractivity contribution in [1.82, 2.24) is 15.7 Å².